The van der Waals surface area contributed by atoms with Gasteiger partial charge in [0.1, 0.15) is 5.75 Å². The number of hydrogen-bond donors (Lipinski definition) is 2. The van der Waals surface area contributed by atoms with Crippen molar-refractivity contribution in [2.24, 2.45) is 0 Å². The summed E-state index contributed by atoms with van der Waals surface area (Å²) in [5.41, 5.74) is 8.44. The average molecular weight is 264 g/mol. The molecule has 0 aliphatic heterocycles. The van der Waals surface area contributed by atoms with Crippen molar-refractivity contribution in [3.63, 3.8) is 0 Å². The molecule has 0 radical (unpaired) electrons. The van der Waals surface area contributed by atoms with Crippen LogP contribution in [0.1, 0.15) is 0 Å². The smallest absolute Gasteiger partial charge is 0.143 e. The van der Waals surface area contributed by atoms with Crippen molar-refractivity contribution in [1.29, 1.82) is 0 Å². The second kappa shape index (κ2) is 5.13. The van der Waals surface area contributed by atoms with Crippen molar-refractivity contribution in [2.45, 2.75) is 0 Å². The molecule has 3 rings (SSSR count). The molecule has 3 N–H and O–H groups in total. The molecule has 0 aliphatic carbocycles. The summed E-state index contributed by atoms with van der Waals surface area (Å²) < 4.78 is 5.23. The number of nitrogens with two attached hydrogens (primary N) is 1. The Hall–Kier alpha value is -2.68. The van der Waals surface area contributed by atoms with Crippen LogP contribution in [-0.2, 0) is 0 Å². The highest BCUT2D eigenvalue weighted by atomic mass is 16.5. The Morgan fingerprint density at radius 2 is 1.55 bits per heavy atom. The first-order chi connectivity index (χ1) is 9.76. The second-order valence-corrected chi connectivity index (χ2v) is 4.64. The predicted octanol–water partition coefficient (Wildman–Crippen LogP) is 4.17. The molecule has 0 bridgehead atoms. The van der Waals surface area contributed by atoms with Crippen LogP contribution in [0.4, 0.5) is 17.1 Å². The molecule has 0 aromatic heterocycles. The zero-order chi connectivity index (χ0) is 13.9. The summed E-state index contributed by atoms with van der Waals surface area (Å²) in [5.74, 6) is 0.677. The lowest BCUT2D eigenvalue weighted by atomic mass is 10.1. The highest BCUT2D eigenvalue weighted by Crippen LogP contribution is 2.28. The molecule has 0 aliphatic rings. The molecular weight excluding hydrogens is 248 g/mol. The molecular formula is C17H16N2O. The van der Waals surface area contributed by atoms with Crippen LogP contribution in [0.5, 0.6) is 5.75 Å². The van der Waals surface area contributed by atoms with Crippen LogP contribution in [0, 0.1) is 0 Å². The van der Waals surface area contributed by atoms with E-state index >= 15 is 0 Å². The van der Waals surface area contributed by atoms with Gasteiger partial charge in [-0.15, -0.1) is 0 Å². The van der Waals surface area contributed by atoms with Gasteiger partial charge in [0.05, 0.1) is 12.8 Å². The van der Waals surface area contributed by atoms with Crippen molar-refractivity contribution in [3.05, 3.63) is 60.7 Å². The molecule has 0 saturated carbocycles. The summed E-state index contributed by atoms with van der Waals surface area (Å²) in [7, 11) is 1.62. The Balaban J connectivity index is 1.92. The highest BCUT2D eigenvalue weighted by molar-refractivity contribution is 5.86. The third-order valence-corrected chi connectivity index (χ3v) is 3.27. The average Bonchev–Trinajstić information content (AvgIpc) is 2.49. The van der Waals surface area contributed by atoms with E-state index in [0.29, 0.717) is 11.4 Å². The van der Waals surface area contributed by atoms with Crippen molar-refractivity contribution >= 4 is 27.8 Å². The molecule has 0 spiro atoms. The number of nitrogens with one attached hydrogen (secondary N) is 1. The van der Waals surface area contributed by atoms with Crippen molar-refractivity contribution in [2.75, 3.05) is 18.2 Å². The van der Waals surface area contributed by atoms with Gasteiger partial charge in [-0.2, -0.15) is 0 Å². The molecule has 0 atom stereocenters. The fourth-order valence-electron chi connectivity index (χ4n) is 2.22. The van der Waals surface area contributed by atoms with E-state index in [1.807, 2.05) is 30.3 Å². The Bertz CT molecular complexity index is 753. The van der Waals surface area contributed by atoms with Crippen LogP contribution in [-0.4, -0.2) is 7.11 Å². The lowest BCUT2D eigenvalue weighted by Crippen LogP contribution is -1.95. The summed E-state index contributed by atoms with van der Waals surface area (Å²) >= 11 is 0. The van der Waals surface area contributed by atoms with E-state index in [2.05, 4.69) is 35.6 Å². The Labute approximate surface area is 118 Å². The summed E-state index contributed by atoms with van der Waals surface area (Å²) in [6.45, 7) is 0. The predicted molar refractivity (Wildman–Crippen MR) is 84.6 cm³/mol. The quantitative estimate of drug-likeness (QED) is 0.698. The highest BCUT2D eigenvalue weighted by Gasteiger charge is 2.02. The van der Waals surface area contributed by atoms with Crippen LogP contribution in [0.3, 0.4) is 0 Å². The summed E-state index contributed by atoms with van der Waals surface area (Å²) in [6.07, 6.45) is 0. The van der Waals surface area contributed by atoms with Crippen LogP contribution < -0.4 is 15.8 Å². The number of nitrogen functional groups attached to an aromatic ring is 1. The van der Waals surface area contributed by atoms with E-state index in [-0.39, 0.29) is 0 Å². The minimum absolute atomic E-state index is 0.636. The van der Waals surface area contributed by atoms with E-state index < -0.39 is 0 Å². The molecule has 0 unspecified atom stereocenters. The third kappa shape index (κ3) is 2.38. The number of methoxy groups -OCH3 is 1. The van der Waals surface area contributed by atoms with Crippen molar-refractivity contribution < 1.29 is 4.74 Å². The van der Waals surface area contributed by atoms with Gasteiger partial charge >= 0.3 is 0 Å². The summed E-state index contributed by atoms with van der Waals surface area (Å²) in [4.78, 5) is 0. The molecule has 3 aromatic rings. The van der Waals surface area contributed by atoms with E-state index in [0.717, 1.165) is 11.4 Å². The number of fused-ring (bicyclic) bond motifs is 1. The van der Waals surface area contributed by atoms with Gasteiger partial charge in [-0.1, -0.05) is 30.3 Å². The Morgan fingerprint density at radius 1 is 0.850 bits per heavy atom. The van der Waals surface area contributed by atoms with Crippen LogP contribution in [0.15, 0.2) is 60.7 Å². The maximum absolute atomic E-state index is 5.81. The van der Waals surface area contributed by atoms with Crippen LogP contribution >= 0.6 is 0 Å². The van der Waals surface area contributed by atoms with Gasteiger partial charge in [0.15, 0.2) is 0 Å². The van der Waals surface area contributed by atoms with E-state index in [1.165, 1.54) is 10.8 Å². The fourth-order valence-corrected chi connectivity index (χ4v) is 2.22. The van der Waals surface area contributed by atoms with Crippen LogP contribution in [0.25, 0.3) is 10.8 Å². The molecule has 100 valence electrons. The maximum Gasteiger partial charge on any atom is 0.143 e. The topological polar surface area (TPSA) is 47.3 Å². The van der Waals surface area contributed by atoms with Gasteiger partial charge in [-0.25, -0.2) is 0 Å². The molecule has 0 heterocycles. The molecule has 0 fully saturated rings. The largest absolute Gasteiger partial charge is 0.495 e. The number of benzene rings is 3. The molecule has 3 nitrogen and oxygen atoms in total. The molecule has 3 heteroatoms. The first kappa shape index (κ1) is 12.4. The normalized spacial score (nSPS) is 10.4. The molecule has 3 aromatic carbocycles. The van der Waals surface area contributed by atoms with Gasteiger partial charge in [-0.3, -0.25) is 0 Å². The fraction of sp³-hybridized carbons (Fsp3) is 0.0588. The monoisotopic (exact) mass is 264 g/mol. The number of rotatable bonds is 3. The SMILES string of the molecule is COc1cc(Nc2ccc3ccccc3c2)ccc1N. The summed E-state index contributed by atoms with van der Waals surface area (Å²) in [5, 5.41) is 5.80. The zero-order valence-corrected chi connectivity index (χ0v) is 11.3. The van der Waals surface area contributed by atoms with E-state index in [1.54, 1.807) is 7.11 Å². The minimum atomic E-state index is 0.636. The first-order valence-corrected chi connectivity index (χ1v) is 6.45. The lowest BCUT2D eigenvalue weighted by molar-refractivity contribution is 0.417. The lowest BCUT2D eigenvalue weighted by Gasteiger charge is -2.10. The standard InChI is InChI=1S/C17H16N2O/c1-20-17-11-15(8-9-16(17)18)19-14-7-6-12-4-2-3-5-13(12)10-14/h2-11,19H,18H2,1H3. The Morgan fingerprint density at radius 3 is 2.35 bits per heavy atom. The van der Waals surface area contributed by atoms with Gasteiger partial charge in [-0.05, 0) is 35.0 Å². The number of ether oxygens (including phenoxy) is 1. The number of anilines is 3. The zero-order valence-electron chi connectivity index (χ0n) is 11.3. The Kier molecular flexibility index (Phi) is 3.17. The van der Waals surface area contributed by atoms with Gasteiger partial charge < -0.3 is 15.8 Å². The van der Waals surface area contributed by atoms with Crippen molar-refractivity contribution in [1.82, 2.24) is 0 Å². The van der Waals surface area contributed by atoms with E-state index in [4.69, 9.17) is 10.5 Å². The van der Waals surface area contributed by atoms with Gasteiger partial charge in [0.25, 0.3) is 0 Å². The third-order valence-electron chi connectivity index (χ3n) is 3.27. The molecule has 0 amide bonds. The minimum Gasteiger partial charge on any atom is -0.495 e. The summed E-state index contributed by atoms with van der Waals surface area (Å²) in [6, 6.07) is 20.2. The van der Waals surface area contributed by atoms with Crippen molar-refractivity contribution in [3.8, 4) is 5.75 Å². The molecule has 0 saturated heterocycles. The first-order valence-electron chi connectivity index (χ1n) is 6.45. The van der Waals surface area contributed by atoms with E-state index in [9.17, 15) is 0 Å². The van der Waals surface area contributed by atoms with Gasteiger partial charge in [0, 0.05) is 17.4 Å². The van der Waals surface area contributed by atoms with Crippen LogP contribution in [0.2, 0.25) is 0 Å². The maximum atomic E-state index is 5.81. The molecule has 20 heavy (non-hydrogen) atoms. The van der Waals surface area contributed by atoms with Gasteiger partial charge in [0.2, 0.25) is 0 Å². The number of hydrogen-bond acceptors (Lipinski definition) is 3. The second-order valence-electron chi connectivity index (χ2n) is 4.64.